The summed E-state index contributed by atoms with van der Waals surface area (Å²) in [5.41, 5.74) is -0.128. The summed E-state index contributed by atoms with van der Waals surface area (Å²) in [5.74, 6) is 1.23. The first-order valence-electron chi connectivity index (χ1n) is 5.49. The highest BCUT2D eigenvalue weighted by Crippen LogP contribution is 2.36. The normalized spacial score (nSPS) is 35.9. The predicted octanol–water partition coefficient (Wildman–Crippen LogP) is 1.50. The highest BCUT2D eigenvalue weighted by Gasteiger charge is 2.42. The molecule has 3 nitrogen and oxygen atoms in total. The van der Waals surface area contributed by atoms with Crippen molar-refractivity contribution < 1.29 is 14.3 Å². The van der Waals surface area contributed by atoms with Crippen LogP contribution in [0.25, 0.3) is 0 Å². The van der Waals surface area contributed by atoms with Crippen molar-refractivity contribution in [1.82, 2.24) is 0 Å². The van der Waals surface area contributed by atoms with E-state index in [1.54, 1.807) is 11.8 Å². The fraction of sp³-hybridized carbons (Fsp3) is 0.909. The number of Topliss-reactive ketones (excluding diaryl/α,β-unsaturated/α-hetero) is 1. The van der Waals surface area contributed by atoms with Crippen LogP contribution in [0.5, 0.6) is 0 Å². The molecule has 0 aliphatic carbocycles. The summed E-state index contributed by atoms with van der Waals surface area (Å²) in [4.78, 5) is 11.8. The molecule has 2 aliphatic rings. The maximum atomic E-state index is 11.8. The van der Waals surface area contributed by atoms with Gasteiger partial charge in [-0.05, 0) is 19.1 Å². The summed E-state index contributed by atoms with van der Waals surface area (Å²) in [6.45, 7) is 2.17. The van der Waals surface area contributed by atoms with Gasteiger partial charge < -0.3 is 9.47 Å². The first-order chi connectivity index (χ1) is 7.26. The van der Waals surface area contributed by atoms with Crippen LogP contribution in [0.2, 0.25) is 0 Å². The Hall–Kier alpha value is -0.0600. The summed E-state index contributed by atoms with van der Waals surface area (Å²) >= 11 is 1.61. The van der Waals surface area contributed by atoms with Crippen molar-refractivity contribution in [3.63, 3.8) is 0 Å². The lowest BCUT2D eigenvalue weighted by Gasteiger charge is -2.36. The molecule has 15 heavy (non-hydrogen) atoms. The highest BCUT2D eigenvalue weighted by molar-refractivity contribution is 7.99. The van der Waals surface area contributed by atoms with Crippen LogP contribution < -0.4 is 0 Å². The molecule has 86 valence electrons. The minimum absolute atomic E-state index is 0.128. The third kappa shape index (κ3) is 2.55. The third-order valence-electron chi connectivity index (χ3n) is 3.30. The molecule has 0 aromatic heterocycles. The molecular formula is C11H18O3S. The van der Waals surface area contributed by atoms with E-state index >= 15 is 0 Å². The second kappa shape index (κ2) is 4.85. The fourth-order valence-corrected chi connectivity index (χ4v) is 2.95. The van der Waals surface area contributed by atoms with Gasteiger partial charge in [-0.25, -0.2) is 0 Å². The number of ketones is 1. The van der Waals surface area contributed by atoms with E-state index in [-0.39, 0.29) is 11.5 Å². The lowest BCUT2D eigenvalue weighted by molar-refractivity contribution is -0.134. The molecular weight excluding hydrogens is 212 g/mol. The number of carbonyl (C=O) groups is 1. The van der Waals surface area contributed by atoms with Gasteiger partial charge in [0.1, 0.15) is 5.78 Å². The Kier molecular flexibility index (Phi) is 3.69. The fourth-order valence-electron chi connectivity index (χ4n) is 2.43. The zero-order valence-electron chi connectivity index (χ0n) is 9.16. The van der Waals surface area contributed by atoms with E-state index in [9.17, 15) is 4.79 Å². The van der Waals surface area contributed by atoms with Crippen molar-refractivity contribution >= 4 is 17.5 Å². The number of ether oxygens (including phenoxy) is 2. The van der Waals surface area contributed by atoms with Gasteiger partial charge in [-0.2, -0.15) is 11.8 Å². The first kappa shape index (κ1) is 11.4. The molecule has 2 aliphatic heterocycles. The molecule has 2 unspecified atom stereocenters. The molecule has 0 amide bonds. The van der Waals surface area contributed by atoms with Gasteiger partial charge in [0.15, 0.2) is 0 Å². The number of thioether (sulfide) groups is 1. The standard InChI is InChI=1S/C11H18O3S/c1-15-7-10(12)9-2-4-14-11(6-9)3-5-13-8-11/h9H,2-8H2,1H3. The van der Waals surface area contributed by atoms with E-state index in [1.165, 1.54) is 0 Å². The molecule has 2 saturated heterocycles. The quantitative estimate of drug-likeness (QED) is 0.736. The van der Waals surface area contributed by atoms with Crippen LogP contribution in [0.1, 0.15) is 19.3 Å². The summed E-state index contributed by atoms with van der Waals surface area (Å²) in [6, 6.07) is 0. The van der Waals surface area contributed by atoms with E-state index in [1.807, 2.05) is 6.26 Å². The lowest BCUT2D eigenvalue weighted by Crippen LogP contribution is -2.42. The van der Waals surface area contributed by atoms with Crippen molar-refractivity contribution in [2.45, 2.75) is 24.9 Å². The summed E-state index contributed by atoms with van der Waals surface area (Å²) in [7, 11) is 0. The van der Waals surface area contributed by atoms with Gasteiger partial charge in [-0.1, -0.05) is 0 Å². The molecule has 0 N–H and O–H groups in total. The van der Waals surface area contributed by atoms with Crippen LogP contribution in [0.4, 0.5) is 0 Å². The molecule has 0 aromatic carbocycles. The van der Waals surface area contributed by atoms with Crippen LogP contribution >= 0.6 is 11.8 Å². The summed E-state index contributed by atoms with van der Waals surface area (Å²) in [5, 5.41) is 0. The zero-order valence-corrected chi connectivity index (χ0v) is 9.98. The van der Waals surface area contributed by atoms with E-state index < -0.39 is 0 Å². The van der Waals surface area contributed by atoms with Crippen LogP contribution in [0.15, 0.2) is 0 Å². The monoisotopic (exact) mass is 230 g/mol. The van der Waals surface area contributed by atoms with Crippen molar-refractivity contribution in [3.05, 3.63) is 0 Å². The molecule has 2 atom stereocenters. The maximum Gasteiger partial charge on any atom is 0.145 e. The van der Waals surface area contributed by atoms with Gasteiger partial charge in [0, 0.05) is 25.6 Å². The van der Waals surface area contributed by atoms with Crippen molar-refractivity contribution in [1.29, 1.82) is 0 Å². The van der Waals surface area contributed by atoms with E-state index in [4.69, 9.17) is 9.47 Å². The maximum absolute atomic E-state index is 11.8. The topological polar surface area (TPSA) is 35.5 Å². The lowest BCUT2D eigenvalue weighted by atomic mass is 9.83. The third-order valence-corrected chi connectivity index (χ3v) is 3.88. The summed E-state index contributed by atoms with van der Waals surface area (Å²) < 4.78 is 11.2. The molecule has 2 rings (SSSR count). The Balaban J connectivity index is 1.94. The van der Waals surface area contributed by atoms with Gasteiger partial charge in [0.25, 0.3) is 0 Å². The van der Waals surface area contributed by atoms with Crippen LogP contribution in [-0.4, -0.2) is 43.2 Å². The van der Waals surface area contributed by atoms with Gasteiger partial charge in [0.05, 0.1) is 18.0 Å². The number of hydrogen-bond donors (Lipinski definition) is 0. The second-order valence-electron chi connectivity index (χ2n) is 4.42. The minimum atomic E-state index is -0.128. The number of rotatable bonds is 3. The van der Waals surface area contributed by atoms with Gasteiger partial charge in [0.2, 0.25) is 0 Å². The van der Waals surface area contributed by atoms with E-state index in [0.29, 0.717) is 24.7 Å². The molecule has 4 heteroatoms. The highest BCUT2D eigenvalue weighted by atomic mass is 32.2. The largest absolute Gasteiger partial charge is 0.378 e. The molecule has 1 spiro atoms. The Morgan fingerprint density at radius 2 is 2.40 bits per heavy atom. The van der Waals surface area contributed by atoms with Crippen LogP contribution in [-0.2, 0) is 14.3 Å². The van der Waals surface area contributed by atoms with E-state index in [2.05, 4.69) is 0 Å². The van der Waals surface area contributed by atoms with Crippen molar-refractivity contribution in [3.8, 4) is 0 Å². The first-order valence-corrected chi connectivity index (χ1v) is 6.88. The molecule has 0 bridgehead atoms. The van der Waals surface area contributed by atoms with Gasteiger partial charge >= 0.3 is 0 Å². The second-order valence-corrected chi connectivity index (χ2v) is 5.29. The van der Waals surface area contributed by atoms with Gasteiger partial charge in [-0.15, -0.1) is 0 Å². The van der Waals surface area contributed by atoms with Gasteiger partial charge in [-0.3, -0.25) is 4.79 Å². The van der Waals surface area contributed by atoms with Crippen LogP contribution in [0.3, 0.4) is 0 Å². The molecule has 0 aromatic rings. The summed E-state index contributed by atoms with van der Waals surface area (Å²) in [6.07, 6.45) is 4.69. The Bertz CT molecular complexity index is 236. The Morgan fingerprint density at radius 1 is 1.53 bits per heavy atom. The molecule has 0 radical (unpaired) electrons. The molecule has 0 saturated carbocycles. The zero-order chi connectivity index (χ0) is 10.7. The Morgan fingerprint density at radius 3 is 3.07 bits per heavy atom. The van der Waals surface area contributed by atoms with E-state index in [0.717, 1.165) is 25.9 Å². The van der Waals surface area contributed by atoms with Crippen molar-refractivity contribution in [2.24, 2.45) is 5.92 Å². The number of carbonyl (C=O) groups excluding carboxylic acids is 1. The molecule has 2 heterocycles. The molecule has 2 fully saturated rings. The predicted molar refractivity (Wildman–Crippen MR) is 60.2 cm³/mol. The average molecular weight is 230 g/mol. The number of hydrogen-bond acceptors (Lipinski definition) is 4. The average Bonchev–Trinajstić information content (AvgIpc) is 2.67. The minimum Gasteiger partial charge on any atom is -0.378 e. The smallest absolute Gasteiger partial charge is 0.145 e. The SMILES string of the molecule is CSCC(=O)C1CCOC2(CCOC2)C1. The van der Waals surface area contributed by atoms with Crippen LogP contribution in [0, 0.1) is 5.92 Å². The Labute approximate surface area is 94.9 Å². The van der Waals surface area contributed by atoms with Crippen molar-refractivity contribution in [2.75, 3.05) is 31.8 Å².